The van der Waals surface area contributed by atoms with Gasteiger partial charge in [0.1, 0.15) is 43.2 Å². The van der Waals surface area contributed by atoms with Crippen LogP contribution in [0.15, 0.2) is 0 Å². The number of phosphoric acid groups is 3. The van der Waals surface area contributed by atoms with E-state index in [-0.39, 0.29) is 12.8 Å². The molecule has 7 N–H and O–H groups in total. The van der Waals surface area contributed by atoms with Crippen molar-refractivity contribution in [2.24, 2.45) is 0 Å². The molecule has 0 aromatic heterocycles. The summed E-state index contributed by atoms with van der Waals surface area (Å²) in [5.74, 6) is -1.29. The van der Waals surface area contributed by atoms with Crippen LogP contribution in [-0.2, 0) is 50.9 Å². The second kappa shape index (κ2) is 34.4. The fraction of sp³-hybridized carbons (Fsp3) is 0.951. The molecule has 0 heterocycles. The monoisotopic (exact) mass is 969 g/mol. The lowest BCUT2D eigenvalue weighted by Gasteiger charge is -2.45. The van der Waals surface area contributed by atoms with Crippen molar-refractivity contribution in [3.63, 3.8) is 0 Å². The summed E-state index contributed by atoms with van der Waals surface area (Å²) in [5, 5.41) is 31.8. The number of ether oxygens (including phenoxy) is 2. The number of esters is 2. The number of hydrogen-bond donors (Lipinski definition) is 7. The van der Waals surface area contributed by atoms with Crippen LogP contribution in [0.1, 0.15) is 194 Å². The highest BCUT2D eigenvalue weighted by molar-refractivity contribution is 7.47. The van der Waals surface area contributed by atoms with E-state index in [4.69, 9.17) is 23.4 Å². The van der Waals surface area contributed by atoms with Crippen molar-refractivity contribution in [1.29, 1.82) is 0 Å². The molecule has 63 heavy (non-hydrogen) atoms. The fourth-order valence-electron chi connectivity index (χ4n) is 7.40. The first-order valence-electron chi connectivity index (χ1n) is 23.3. The molecular weight excluding hydrogens is 889 g/mol. The number of hydrogen-bond acceptors (Lipinski definition) is 15. The molecule has 22 heteroatoms. The van der Waals surface area contributed by atoms with Crippen molar-refractivity contribution in [3.8, 4) is 0 Å². The Kier molecular flexibility index (Phi) is 32.9. The van der Waals surface area contributed by atoms with Crippen molar-refractivity contribution in [1.82, 2.24) is 0 Å². The van der Waals surface area contributed by atoms with Gasteiger partial charge in [0.25, 0.3) is 7.82 Å². The Balaban J connectivity index is 2.74. The average Bonchev–Trinajstić information content (AvgIpc) is 3.20. The van der Waals surface area contributed by atoms with Crippen LogP contribution in [0.5, 0.6) is 0 Å². The number of aliphatic hydroxyl groups excluding tert-OH is 3. The number of phosphoric ester groups is 3. The maximum absolute atomic E-state index is 13.1. The van der Waals surface area contributed by atoms with Crippen LogP contribution in [0.4, 0.5) is 0 Å². The van der Waals surface area contributed by atoms with Crippen LogP contribution in [0.2, 0.25) is 0 Å². The predicted octanol–water partition coefficient (Wildman–Crippen LogP) is 7.33. The summed E-state index contributed by atoms with van der Waals surface area (Å²) in [6.07, 6.45) is 12.4. The van der Waals surface area contributed by atoms with Gasteiger partial charge in [0, 0.05) is 12.8 Å². The van der Waals surface area contributed by atoms with E-state index in [0.717, 1.165) is 57.8 Å². The fourth-order valence-corrected chi connectivity index (χ4v) is 9.49. The third-order valence-corrected chi connectivity index (χ3v) is 12.9. The second-order valence-electron chi connectivity index (χ2n) is 16.7. The number of rotatable bonds is 40. The molecule has 1 aliphatic carbocycles. The molecule has 1 aliphatic rings. The van der Waals surface area contributed by atoms with E-state index in [1.807, 2.05) is 0 Å². The Morgan fingerprint density at radius 1 is 0.492 bits per heavy atom. The summed E-state index contributed by atoms with van der Waals surface area (Å²) >= 11 is 0. The standard InChI is InChI=1S/C41H81O19P3/c1-3-5-7-9-11-13-15-17-19-21-23-25-27-29-34(42)55-31-33(57-35(43)30-28-26-24-22-20-18-16-14-12-10-8-6-4-2)32-56-63(53,54)60-39-36(44)37(45)40(58-61(47,48)49)41(38(39)46)59-62(50,51)52/h33,36-41,44-46H,3-32H2,1-2H3,(H,53,54)(H2,47,48,49)(H2,50,51,52)/p-1/t33?,36-,37+,38+,39-,40-,41-/m1/s1. The van der Waals surface area contributed by atoms with E-state index in [2.05, 4.69) is 22.9 Å². The first-order valence-corrected chi connectivity index (χ1v) is 27.8. The first kappa shape index (κ1) is 60.2. The Labute approximate surface area is 374 Å². The maximum atomic E-state index is 13.1. The summed E-state index contributed by atoms with van der Waals surface area (Å²) in [4.78, 5) is 75.0. The first-order chi connectivity index (χ1) is 29.8. The van der Waals surface area contributed by atoms with Gasteiger partial charge in [0.05, 0.1) is 6.61 Å². The minimum Gasteiger partial charge on any atom is -0.756 e. The van der Waals surface area contributed by atoms with Gasteiger partial charge in [0.2, 0.25) is 0 Å². The highest BCUT2D eigenvalue weighted by Crippen LogP contribution is 2.50. The van der Waals surface area contributed by atoms with E-state index in [0.29, 0.717) is 12.8 Å². The SMILES string of the molecule is CCCCCCCCCCCCCCCC(=O)OCC(COP(=O)(O)O[C@@H]1[C@H](O)[C@H](O)[C@@H](OP(=O)([O-])O)[C@H](OP(=O)(O)O)[C@H]1O)OC(=O)CCCCCCCCCCCCCCC. The molecule has 0 aliphatic heterocycles. The lowest BCUT2D eigenvalue weighted by Crippen LogP contribution is -2.65. The van der Waals surface area contributed by atoms with Crippen LogP contribution in [0, 0.1) is 0 Å². The molecule has 1 saturated carbocycles. The van der Waals surface area contributed by atoms with Gasteiger partial charge in [-0.3, -0.25) is 27.7 Å². The molecule has 9 atom stereocenters. The smallest absolute Gasteiger partial charge is 0.472 e. The van der Waals surface area contributed by atoms with Crippen molar-refractivity contribution in [2.75, 3.05) is 13.2 Å². The van der Waals surface area contributed by atoms with Gasteiger partial charge in [-0.2, -0.15) is 0 Å². The summed E-state index contributed by atoms with van der Waals surface area (Å²) in [5.41, 5.74) is 0. The molecule has 0 aromatic rings. The number of carbonyl (C=O) groups is 2. The number of unbranched alkanes of at least 4 members (excludes halogenated alkanes) is 24. The van der Waals surface area contributed by atoms with E-state index in [9.17, 15) is 58.2 Å². The molecule has 0 aromatic carbocycles. The molecule has 1 fully saturated rings. The van der Waals surface area contributed by atoms with E-state index >= 15 is 0 Å². The lowest BCUT2D eigenvalue weighted by molar-refractivity contribution is -0.254. The Hall–Kier alpha value is -0.850. The van der Waals surface area contributed by atoms with Crippen LogP contribution in [0.25, 0.3) is 0 Å². The molecule has 0 amide bonds. The third kappa shape index (κ3) is 30.9. The molecule has 0 spiro atoms. The maximum Gasteiger partial charge on any atom is 0.472 e. The van der Waals surface area contributed by atoms with E-state index in [1.54, 1.807) is 0 Å². The minimum atomic E-state index is -5.79. The molecule has 3 unspecified atom stereocenters. The lowest BCUT2D eigenvalue weighted by atomic mass is 9.85. The minimum absolute atomic E-state index is 0.00112. The largest absolute Gasteiger partial charge is 0.756 e. The highest BCUT2D eigenvalue weighted by Gasteiger charge is 2.56. The third-order valence-electron chi connectivity index (χ3n) is 10.9. The predicted molar refractivity (Wildman–Crippen MR) is 232 cm³/mol. The Morgan fingerprint density at radius 3 is 1.25 bits per heavy atom. The second-order valence-corrected chi connectivity index (χ2v) is 20.4. The van der Waals surface area contributed by atoms with Crippen molar-refractivity contribution in [2.45, 2.75) is 236 Å². The van der Waals surface area contributed by atoms with Gasteiger partial charge < -0.3 is 53.8 Å². The topological polar surface area (TPSA) is 305 Å². The van der Waals surface area contributed by atoms with Crippen molar-refractivity contribution < 1.29 is 90.6 Å². The molecule has 19 nitrogen and oxygen atoms in total. The van der Waals surface area contributed by atoms with Crippen LogP contribution in [-0.4, -0.2) is 103 Å². The zero-order chi connectivity index (χ0) is 47.2. The summed E-state index contributed by atoms with van der Waals surface area (Å²) < 4.78 is 65.1. The Bertz CT molecular complexity index is 1350. The molecule has 0 radical (unpaired) electrons. The van der Waals surface area contributed by atoms with Gasteiger partial charge in [-0.15, -0.1) is 0 Å². The summed E-state index contributed by atoms with van der Waals surface area (Å²) in [7, 11) is -16.9. The molecule has 374 valence electrons. The number of aliphatic hydroxyl groups is 3. The van der Waals surface area contributed by atoms with Crippen LogP contribution < -0.4 is 4.89 Å². The highest BCUT2D eigenvalue weighted by atomic mass is 31.2. The normalized spacial score (nSPS) is 22.9. The zero-order valence-electron chi connectivity index (χ0n) is 37.6. The Morgan fingerprint density at radius 2 is 0.857 bits per heavy atom. The van der Waals surface area contributed by atoms with Crippen LogP contribution >= 0.6 is 23.5 Å². The molecule has 0 bridgehead atoms. The quantitative estimate of drug-likeness (QED) is 0.0180. The van der Waals surface area contributed by atoms with Gasteiger partial charge in [-0.05, 0) is 12.8 Å². The van der Waals surface area contributed by atoms with Gasteiger partial charge >= 0.3 is 27.6 Å². The van der Waals surface area contributed by atoms with Crippen molar-refractivity contribution in [3.05, 3.63) is 0 Å². The molecule has 1 rings (SSSR count). The van der Waals surface area contributed by atoms with E-state index < -0.39 is 91.3 Å². The number of carbonyl (C=O) groups excluding carboxylic acids is 2. The summed E-state index contributed by atoms with van der Waals surface area (Å²) in [6.45, 7) is 2.93. The van der Waals surface area contributed by atoms with Crippen LogP contribution in [0.3, 0.4) is 0 Å². The van der Waals surface area contributed by atoms with Gasteiger partial charge in [-0.25, -0.2) is 9.13 Å². The van der Waals surface area contributed by atoms with E-state index in [1.165, 1.54) is 96.3 Å². The average molecular weight is 970 g/mol. The van der Waals surface area contributed by atoms with Gasteiger partial charge in [-0.1, -0.05) is 168 Å². The molecule has 0 saturated heterocycles. The van der Waals surface area contributed by atoms with Crippen molar-refractivity contribution >= 4 is 35.4 Å². The molecular formula is C41H80O19P3-. The van der Waals surface area contributed by atoms with Gasteiger partial charge in [0.15, 0.2) is 6.10 Å². The zero-order valence-corrected chi connectivity index (χ0v) is 40.3. The summed E-state index contributed by atoms with van der Waals surface area (Å²) in [6, 6.07) is 0.